The third-order valence-electron chi connectivity index (χ3n) is 3.28. The quantitative estimate of drug-likeness (QED) is 0.183. The van der Waals surface area contributed by atoms with E-state index in [4.69, 9.17) is 0 Å². The van der Waals surface area contributed by atoms with Gasteiger partial charge >= 0.3 is 69.5 Å². The van der Waals surface area contributed by atoms with Crippen LogP contribution in [0.3, 0.4) is 0 Å². The number of hydrogen-bond acceptors (Lipinski definition) is 8. The minimum atomic E-state index is -1.72. The Morgan fingerprint density at radius 3 is 1.14 bits per heavy atom. The van der Waals surface area contributed by atoms with Gasteiger partial charge in [-0.2, -0.15) is 0 Å². The Bertz CT molecular complexity index is 483. The van der Waals surface area contributed by atoms with Crippen molar-refractivity contribution >= 4 is 56.2 Å². The average molecular weight is 519 g/mol. The van der Waals surface area contributed by atoms with Crippen LogP contribution in [-0.2, 0) is 28.8 Å². The van der Waals surface area contributed by atoms with Gasteiger partial charge in [0.05, 0.1) is 0 Å². The topological polar surface area (TPSA) is 149 Å². The molecule has 0 aromatic heterocycles. The van der Waals surface area contributed by atoms with Crippen LogP contribution in [0.2, 0.25) is 8.87 Å². The molecular weight excluding hydrogens is 487 g/mol. The molecular formula is C20H32O8Sn. The fourth-order valence-electron chi connectivity index (χ4n) is 1.51. The molecule has 0 spiro atoms. The number of carboxylic acids is 2. The van der Waals surface area contributed by atoms with Crippen LogP contribution in [0.1, 0.15) is 79.1 Å². The fraction of sp³-hybridized carbons (Fsp3) is 0.700. The number of Topliss-reactive ketones (excluding diaryl/α,β-unsaturated/α-hetero) is 4. The maximum atomic E-state index is 10.2. The molecule has 0 atom stereocenters. The van der Waals surface area contributed by atoms with Crippen LogP contribution in [0.15, 0.2) is 0 Å². The van der Waals surface area contributed by atoms with Gasteiger partial charge in [-0.1, -0.05) is 0 Å². The Morgan fingerprint density at radius 2 is 0.931 bits per heavy atom. The molecule has 0 amide bonds. The third-order valence-corrected chi connectivity index (χ3v) is 7.31. The molecule has 0 aromatic rings. The third kappa shape index (κ3) is 31.3. The van der Waals surface area contributed by atoms with Crippen molar-refractivity contribution in [2.24, 2.45) is 0 Å². The van der Waals surface area contributed by atoms with Crippen LogP contribution in [0.5, 0.6) is 0 Å². The fourth-order valence-corrected chi connectivity index (χ4v) is 5.67. The molecule has 0 rings (SSSR count). The molecule has 0 aliphatic heterocycles. The molecule has 0 aliphatic carbocycles. The molecule has 0 aliphatic rings. The molecule has 164 valence electrons. The molecule has 29 heavy (non-hydrogen) atoms. The van der Waals surface area contributed by atoms with Gasteiger partial charge in [-0.3, -0.25) is 9.59 Å². The summed E-state index contributed by atoms with van der Waals surface area (Å²) in [6.45, 7) is 7.17. The molecule has 0 heterocycles. The predicted molar refractivity (Wildman–Crippen MR) is 105 cm³/mol. The van der Waals surface area contributed by atoms with E-state index in [0.717, 1.165) is 0 Å². The van der Waals surface area contributed by atoms with Gasteiger partial charge in [0.2, 0.25) is 0 Å². The van der Waals surface area contributed by atoms with Crippen LogP contribution in [0.25, 0.3) is 0 Å². The van der Waals surface area contributed by atoms with Crippen molar-refractivity contribution in [3.8, 4) is 0 Å². The van der Waals surface area contributed by atoms with Crippen LogP contribution in [0, 0.1) is 0 Å². The summed E-state index contributed by atoms with van der Waals surface area (Å²) in [5.74, 6) is -5.88. The molecule has 0 radical (unpaired) electrons. The van der Waals surface area contributed by atoms with E-state index in [0.29, 0.717) is 0 Å². The second-order valence-electron chi connectivity index (χ2n) is 6.28. The Morgan fingerprint density at radius 1 is 0.621 bits per heavy atom. The zero-order chi connectivity index (χ0) is 23.2. The van der Waals surface area contributed by atoms with Crippen molar-refractivity contribution in [1.82, 2.24) is 0 Å². The summed E-state index contributed by atoms with van der Waals surface area (Å²) in [5, 5.41) is 19.5. The van der Waals surface area contributed by atoms with Crippen LogP contribution < -0.4 is 10.2 Å². The van der Waals surface area contributed by atoms with Crippen LogP contribution >= 0.6 is 0 Å². The summed E-state index contributed by atoms with van der Waals surface area (Å²) >= 11 is 0.149. The van der Waals surface area contributed by atoms with Crippen molar-refractivity contribution in [2.75, 3.05) is 0 Å². The van der Waals surface area contributed by atoms with Gasteiger partial charge in [0, 0.05) is 25.7 Å². The van der Waals surface area contributed by atoms with Crippen LogP contribution in [-0.4, -0.2) is 56.2 Å². The number of ketones is 4. The molecule has 9 heteroatoms. The SMILES string of the molecule is CC(=O)CCC(=O)C(=O)[O-].CC(=O)CCC(=O)C(=O)[O-].CCC[CH2][Sn+2][CH2]CCC. The van der Waals surface area contributed by atoms with E-state index in [1.165, 1.54) is 39.5 Å². The monoisotopic (exact) mass is 520 g/mol. The summed E-state index contributed by atoms with van der Waals surface area (Å²) in [6.07, 6.45) is 5.29. The summed E-state index contributed by atoms with van der Waals surface area (Å²) in [4.78, 5) is 60.4. The second kappa shape index (κ2) is 22.7. The van der Waals surface area contributed by atoms with Gasteiger partial charge in [0.15, 0.2) is 11.6 Å². The predicted octanol–water partition coefficient (Wildman–Crippen LogP) is 0.477. The first kappa shape index (κ1) is 32.1. The number of carboxylic acid groups (broad SMARTS) is 2. The Balaban J connectivity index is -0.000000350. The van der Waals surface area contributed by atoms with Gasteiger partial charge in [-0.15, -0.1) is 0 Å². The molecule has 0 saturated carbocycles. The van der Waals surface area contributed by atoms with Crippen molar-refractivity contribution in [2.45, 2.75) is 87.9 Å². The Labute approximate surface area is 183 Å². The standard InChI is InChI=1S/2C6H8O4.2C4H9.Sn/c2*1-4(7)2-3-5(8)6(9)10;2*1-3-4-2;/h2*2-3H2,1H3,(H,9,10);2*1,3-4H2,2H3;/q;;;;+2/p-2. The van der Waals surface area contributed by atoms with Crippen molar-refractivity contribution in [3.05, 3.63) is 0 Å². The zero-order valence-corrected chi connectivity index (χ0v) is 20.7. The molecule has 0 aromatic carbocycles. The number of carbonyl (C=O) groups excluding carboxylic acids is 6. The van der Waals surface area contributed by atoms with E-state index in [-0.39, 0.29) is 58.4 Å². The van der Waals surface area contributed by atoms with E-state index >= 15 is 0 Å². The van der Waals surface area contributed by atoms with Crippen molar-refractivity contribution < 1.29 is 39.0 Å². The Kier molecular flexibility index (Phi) is 25.1. The first-order valence-corrected chi connectivity index (χ1v) is 13.7. The van der Waals surface area contributed by atoms with E-state index in [9.17, 15) is 39.0 Å². The summed E-state index contributed by atoms with van der Waals surface area (Å²) in [5.41, 5.74) is 0. The van der Waals surface area contributed by atoms with E-state index in [1.807, 2.05) is 0 Å². The first-order valence-electron chi connectivity index (χ1n) is 9.67. The van der Waals surface area contributed by atoms with Gasteiger partial charge in [-0.05, 0) is 13.8 Å². The van der Waals surface area contributed by atoms with Gasteiger partial charge in [0.1, 0.15) is 23.5 Å². The van der Waals surface area contributed by atoms with E-state index in [2.05, 4.69) is 13.8 Å². The molecule has 0 bridgehead atoms. The number of unbranched alkanes of at least 4 members (excludes halogenated alkanes) is 2. The van der Waals surface area contributed by atoms with Gasteiger partial charge < -0.3 is 29.4 Å². The molecule has 0 fully saturated rings. The molecule has 0 N–H and O–H groups in total. The molecule has 0 saturated heterocycles. The Hall–Kier alpha value is -1.58. The zero-order valence-electron chi connectivity index (χ0n) is 17.8. The first-order chi connectivity index (χ1) is 13.5. The number of carbonyl (C=O) groups is 6. The number of hydrogen-bond donors (Lipinski definition) is 0. The van der Waals surface area contributed by atoms with E-state index in [1.54, 1.807) is 8.87 Å². The van der Waals surface area contributed by atoms with Crippen molar-refractivity contribution in [3.63, 3.8) is 0 Å². The van der Waals surface area contributed by atoms with Crippen LogP contribution in [0.4, 0.5) is 0 Å². The second-order valence-corrected chi connectivity index (χ2v) is 10.6. The summed E-state index contributed by atoms with van der Waals surface area (Å²) in [6, 6.07) is 0. The molecule has 8 nitrogen and oxygen atoms in total. The normalized spacial score (nSPS) is 8.97. The molecule has 0 unspecified atom stereocenters. The van der Waals surface area contributed by atoms with Gasteiger partial charge in [-0.25, -0.2) is 0 Å². The number of rotatable bonds is 14. The minimum absolute atomic E-state index is 0.0210. The summed E-state index contributed by atoms with van der Waals surface area (Å²) in [7, 11) is 0. The van der Waals surface area contributed by atoms with E-state index < -0.39 is 23.5 Å². The van der Waals surface area contributed by atoms with Gasteiger partial charge in [0.25, 0.3) is 0 Å². The average Bonchev–Trinajstić information content (AvgIpc) is 2.64. The summed E-state index contributed by atoms with van der Waals surface area (Å²) < 4.78 is 3.25. The maximum absolute atomic E-state index is 10.2. The van der Waals surface area contributed by atoms with Crippen molar-refractivity contribution in [1.29, 1.82) is 0 Å². The number of aliphatic carboxylic acids is 2.